The van der Waals surface area contributed by atoms with E-state index in [1.807, 2.05) is 12.3 Å². The van der Waals surface area contributed by atoms with E-state index in [-0.39, 0.29) is 10.7 Å². The zero-order valence-corrected chi connectivity index (χ0v) is 11.1. The van der Waals surface area contributed by atoms with Gasteiger partial charge in [-0.15, -0.1) is 0 Å². The number of nitro groups is 1. The van der Waals surface area contributed by atoms with Crippen molar-refractivity contribution in [2.75, 3.05) is 5.32 Å². The highest BCUT2D eigenvalue weighted by atomic mass is 35.5. The number of halogens is 1. The van der Waals surface area contributed by atoms with Gasteiger partial charge in [0.15, 0.2) is 0 Å². The summed E-state index contributed by atoms with van der Waals surface area (Å²) in [5.74, 6) is 0.452. The second kappa shape index (κ2) is 5.32. The molecule has 1 N–H and O–H groups in total. The number of thiophene rings is 1. The number of pyridine rings is 1. The van der Waals surface area contributed by atoms with E-state index in [9.17, 15) is 10.1 Å². The predicted octanol–water partition coefficient (Wildman–Crippen LogP) is 3.63. The molecule has 0 saturated carbocycles. The fourth-order valence-electron chi connectivity index (χ4n) is 1.40. The monoisotopic (exact) mass is 283 g/mol. The minimum atomic E-state index is -0.522. The molecular weight excluding hydrogens is 274 g/mol. The van der Waals surface area contributed by atoms with Crippen LogP contribution in [0.25, 0.3) is 0 Å². The molecule has 0 bridgehead atoms. The van der Waals surface area contributed by atoms with Gasteiger partial charge in [0.05, 0.1) is 9.95 Å². The molecule has 2 aromatic rings. The molecule has 5 nitrogen and oxygen atoms in total. The quantitative estimate of drug-likeness (QED) is 0.687. The first kappa shape index (κ1) is 12.8. The lowest BCUT2D eigenvalue weighted by atomic mass is 10.2. The van der Waals surface area contributed by atoms with Crippen LogP contribution >= 0.6 is 22.9 Å². The molecule has 0 saturated heterocycles. The Balaban J connectivity index is 2.11. The van der Waals surface area contributed by atoms with Gasteiger partial charge >= 0.3 is 0 Å². The molecule has 0 fully saturated rings. The van der Waals surface area contributed by atoms with Crippen LogP contribution in [0, 0.1) is 17.0 Å². The first-order valence-electron chi connectivity index (χ1n) is 5.13. The Hall–Kier alpha value is -1.66. The standard InChI is InChI=1S/C11H10ClN3O2S/c1-7-5-18-6-8(7)3-13-11-10(12)2-9(4-14-11)15(16)17/h2,4-6H,3H2,1H3,(H,13,14). The Kier molecular flexibility index (Phi) is 3.78. The van der Waals surface area contributed by atoms with Crippen molar-refractivity contribution >= 4 is 34.4 Å². The second-order valence-electron chi connectivity index (χ2n) is 3.71. The highest BCUT2D eigenvalue weighted by Crippen LogP contribution is 2.24. The second-order valence-corrected chi connectivity index (χ2v) is 4.87. The molecule has 0 atom stereocenters. The normalized spacial score (nSPS) is 10.3. The summed E-state index contributed by atoms with van der Waals surface area (Å²) >= 11 is 7.56. The van der Waals surface area contributed by atoms with Crippen molar-refractivity contribution in [2.24, 2.45) is 0 Å². The van der Waals surface area contributed by atoms with Crippen molar-refractivity contribution < 1.29 is 4.92 Å². The predicted molar refractivity (Wildman–Crippen MR) is 72.3 cm³/mol. The fourth-order valence-corrected chi connectivity index (χ4v) is 2.49. The lowest BCUT2D eigenvalue weighted by Gasteiger charge is -2.06. The third-order valence-corrected chi connectivity index (χ3v) is 3.64. The van der Waals surface area contributed by atoms with Crippen LogP contribution in [0.5, 0.6) is 0 Å². The van der Waals surface area contributed by atoms with E-state index < -0.39 is 4.92 Å². The van der Waals surface area contributed by atoms with Gasteiger partial charge in [-0.05, 0) is 28.8 Å². The van der Waals surface area contributed by atoms with Crippen molar-refractivity contribution in [1.82, 2.24) is 4.98 Å². The summed E-state index contributed by atoms with van der Waals surface area (Å²) in [4.78, 5) is 14.0. The fraction of sp³-hybridized carbons (Fsp3) is 0.182. The maximum Gasteiger partial charge on any atom is 0.289 e. The Labute approximate surface area is 113 Å². The van der Waals surface area contributed by atoms with Gasteiger partial charge in [0.2, 0.25) is 0 Å². The highest BCUT2D eigenvalue weighted by molar-refractivity contribution is 7.08. The molecule has 7 heteroatoms. The molecule has 18 heavy (non-hydrogen) atoms. The van der Waals surface area contributed by atoms with Crippen molar-refractivity contribution in [3.8, 4) is 0 Å². The Morgan fingerprint density at radius 1 is 1.56 bits per heavy atom. The lowest BCUT2D eigenvalue weighted by Crippen LogP contribution is -2.02. The van der Waals surface area contributed by atoms with Crippen LogP contribution < -0.4 is 5.32 Å². The molecule has 0 radical (unpaired) electrons. The van der Waals surface area contributed by atoms with Gasteiger partial charge in [0.1, 0.15) is 12.0 Å². The van der Waals surface area contributed by atoms with Crippen molar-refractivity contribution in [2.45, 2.75) is 13.5 Å². The van der Waals surface area contributed by atoms with Crippen LogP contribution in [-0.2, 0) is 6.54 Å². The van der Waals surface area contributed by atoms with E-state index in [0.717, 1.165) is 5.56 Å². The molecule has 2 rings (SSSR count). The van der Waals surface area contributed by atoms with Gasteiger partial charge in [-0.3, -0.25) is 10.1 Å². The number of aromatic nitrogens is 1. The van der Waals surface area contributed by atoms with Crippen LogP contribution in [0.2, 0.25) is 5.02 Å². The van der Waals surface area contributed by atoms with Gasteiger partial charge in [0, 0.05) is 12.6 Å². The molecular formula is C11H10ClN3O2S. The maximum atomic E-state index is 10.5. The molecule has 0 amide bonds. The summed E-state index contributed by atoms with van der Waals surface area (Å²) in [6.07, 6.45) is 1.19. The summed E-state index contributed by atoms with van der Waals surface area (Å²) in [7, 11) is 0. The van der Waals surface area contributed by atoms with E-state index in [1.165, 1.54) is 17.8 Å². The topological polar surface area (TPSA) is 68.1 Å². The zero-order chi connectivity index (χ0) is 13.1. The van der Waals surface area contributed by atoms with Crippen molar-refractivity contribution in [1.29, 1.82) is 0 Å². The molecule has 0 aliphatic carbocycles. The third kappa shape index (κ3) is 2.77. The van der Waals surface area contributed by atoms with E-state index in [2.05, 4.69) is 15.7 Å². The Morgan fingerprint density at radius 3 is 2.89 bits per heavy atom. The SMILES string of the molecule is Cc1cscc1CNc1ncc([N+](=O)[O-])cc1Cl. The van der Waals surface area contributed by atoms with Crippen molar-refractivity contribution in [3.05, 3.63) is 49.3 Å². The summed E-state index contributed by atoms with van der Waals surface area (Å²) in [5, 5.41) is 18.0. The van der Waals surface area contributed by atoms with Crippen LogP contribution in [0.4, 0.5) is 11.5 Å². The molecule has 0 aliphatic heterocycles. The molecule has 0 aromatic carbocycles. The van der Waals surface area contributed by atoms with Gasteiger partial charge in [-0.25, -0.2) is 4.98 Å². The van der Waals surface area contributed by atoms with E-state index in [4.69, 9.17) is 11.6 Å². The number of aryl methyl sites for hydroxylation is 1. The largest absolute Gasteiger partial charge is 0.365 e. The number of hydrogen-bond acceptors (Lipinski definition) is 5. The molecule has 2 heterocycles. The third-order valence-electron chi connectivity index (χ3n) is 2.45. The average Bonchev–Trinajstić information content (AvgIpc) is 2.73. The summed E-state index contributed by atoms with van der Waals surface area (Å²) in [6.45, 7) is 2.62. The number of hydrogen-bond donors (Lipinski definition) is 1. The summed E-state index contributed by atoms with van der Waals surface area (Å²) in [5.41, 5.74) is 2.25. The van der Waals surface area contributed by atoms with Gasteiger partial charge in [0.25, 0.3) is 5.69 Å². The molecule has 0 spiro atoms. The minimum absolute atomic E-state index is 0.114. The average molecular weight is 284 g/mol. The van der Waals surface area contributed by atoms with E-state index in [0.29, 0.717) is 12.4 Å². The first-order chi connectivity index (χ1) is 8.58. The highest BCUT2D eigenvalue weighted by Gasteiger charge is 2.10. The van der Waals surface area contributed by atoms with Crippen LogP contribution in [0.1, 0.15) is 11.1 Å². The maximum absolute atomic E-state index is 10.5. The van der Waals surface area contributed by atoms with Gasteiger partial charge in [-0.1, -0.05) is 11.6 Å². The van der Waals surface area contributed by atoms with Gasteiger partial charge in [-0.2, -0.15) is 11.3 Å². The van der Waals surface area contributed by atoms with Crippen molar-refractivity contribution in [3.63, 3.8) is 0 Å². The summed E-state index contributed by atoms with van der Waals surface area (Å²) in [6, 6.07) is 1.29. The lowest BCUT2D eigenvalue weighted by molar-refractivity contribution is -0.385. The summed E-state index contributed by atoms with van der Waals surface area (Å²) < 4.78 is 0. The molecule has 0 unspecified atom stereocenters. The minimum Gasteiger partial charge on any atom is -0.365 e. The number of nitrogens with zero attached hydrogens (tertiary/aromatic N) is 2. The number of anilines is 1. The molecule has 2 aromatic heterocycles. The van der Waals surface area contributed by atoms with E-state index in [1.54, 1.807) is 11.3 Å². The smallest absolute Gasteiger partial charge is 0.289 e. The molecule has 94 valence electrons. The number of rotatable bonds is 4. The zero-order valence-electron chi connectivity index (χ0n) is 9.51. The van der Waals surface area contributed by atoms with E-state index >= 15 is 0 Å². The van der Waals surface area contributed by atoms with Gasteiger partial charge < -0.3 is 5.32 Å². The number of nitrogens with one attached hydrogen (secondary N) is 1. The Morgan fingerprint density at radius 2 is 2.33 bits per heavy atom. The first-order valence-corrected chi connectivity index (χ1v) is 6.45. The van der Waals surface area contributed by atoms with Crippen LogP contribution in [0.3, 0.4) is 0 Å². The molecule has 0 aliphatic rings. The van der Waals surface area contributed by atoms with Crippen LogP contribution in [-0.4, -0.2) is 9.91 Å². The Bertz CT molecular complexity index is 585. The van der Waals surface area contributed by atoms with Crippen LogP contribution in [0.15, 0.2) is 23.0 Å².